The van der Waals surface area contributed by atoms with Crippen molar-refractivity contribution in [3.63, 3.8) is 0 Å². The summed E-state index contributed by atoms with van der Waals surface area (Å²) in [6, 6.07) is 19.5. The summed E-state index contributed by atoms with van der Waals surface area (Å²) < 4.78 is 19.3. The summed E-state index contributed by atoms with van der Waals surface area (Å²) >= 11 is 14.9. The molecule has 4 amide bonds. The Balaban J connectivity index is 1.16. The summed E-state index contributed by atoms with van der Waals surface area (Å²) in [6.45, 7) is 2.24. The van der Waals surface area contributed by atoms with E-state index in [1.807, 2.05) is 24.3 Å². The molecule has 3 heterocycles. The number of alkyl halides is 2. The van der Waals surface area contributed by atoms with Crippen LogP contribution in [0.4, 0.5) is 10.1 Å². The van der Waals surface area contributed by atoms with E-state index in [4.69, 9.17) is 27.9 Å². The van der Waals surface area contributed by atoms with Gasteiger partial charge in [-0.05, 0) is 67.5 Å². The number of halogens is 3. The standard InChI is InChI=1S/C39H36Cl2FN3O6/c1-51-30-9-5-8-28(33(30)46)32-26-14-15-27-31(35(48)44(34(27)47)25-16-18-43(19-17-25)21-22-6-3-2-4-7-22)29(26)20-38(40)36(49)45(37(50)39(32,38)41)24-12-10-23(42)11-13-24/h2-14,25,27,29,31-32,46H,15-21H2,1H3/t27-,29+,31-,32+,38+,39-/m0/s1. The summed E-state index contributed by atoms with van der Waals surface area (Å²) in [6.07, 6.45) is 3.14. The van der Waals surface area contributed by atoms with Crippen LogP contribution in [0.5, 0.6) is 11.5 Å². The number of anilines is 1. The monoisotopic (exact) mass is 731 g/mol. The van der Waals surface area contributed by atoms with Crippen LogP contribution < -0.4 is 9.64 Å². The van der Waals surface area contributed by atoms with Gasteiger partial charge in [0.05, 0.1) is 24.6 Å². The van der Waals surface area contributed by atoms with E-state index >= 15 is 0 Å². The molecule has 6 atom stereocenters. The number of nitrogens with zero attached hydrogens (tertiary/aromatic N) is 3. The van der Waals surface area contributed by atoms with E-state index in [0.717, 1.165) is 36.7 Å². The van der Waals surface area contributed by atoms with E-state index < -0.39 is 51.1 Å². The van der Waals surface area contributed by atoms with Crippen molar-refractivity contribution in [2.75, 3.05) is 25.1 Å². The van der Waals surface area contributed by atoms with Crippen LogP contribution >= 0.6 is 23.2 Å². The van der Waals surface area contributed by atoms with Gasteiger partial charge in [0.1, 0.15) is 5.82 Å². The average molecular weight is 733 g/mol. The zero-order chi connectivity index (χ0) is 35.8. The van der Waals surface area contributed by atoms with Gasteiger partial charge in [0, 0.05) is 37.2 Å². The summed E-state index contributed by atoms with van der Waals surface area (Å²) in [4.78, 5) is 58.1. The zero-order valence-electron chi connectivity index (χ0n) is 27.8. The van der Waals surface area contributed by atoms with Crippen molar-refractivity contribution < 1.29 is 33.4 Å². The second-order valence-electron chi connectivity index (χ2n) is 14.2. The summed E-state index contributed by atoms with van der Waals surface area (Å²) in [5, 5.41) is 11.5. The van der Waals surface area contributed by atoms with Gasteiger partial charge < -0.3 is 9.84 Å². The second-order valence-corrected chi connectivity index (χ2v) is 15.4. The highest BCUT2D eigenvalue weighted by molar-refractivity contribution is 6.58. The molecule has 4 fully saturated rings. The van der Waals surface area contributed by atoms with Gasteiger partial charge in [-0.25, -0.2) is 9.29 Å². The molecule has 0 aromatic heterocycles. The van der Waals surface area contributed by atoms with Crippen LogP contribution in [0.1, 0.15) is 42.7 Å². The molecule has 0 unspecified atom stereocenters. The van der Waals surface area contributed by atoms with E-state index in [2.05, 4.69) is 17.0 Å². The third kappa shape index (κ3) is 4.97. The fourth-order valence-corrected chi connectivity index (χ4v) is 10.2. The molecule has 5 aliphatic rings. The number of carbonyl (C=O) groups excluding carboxylic acids is 4. The maximum Gasteiger partial charge on any atom is 0.258 e. The lowest BCUT2D eigenvalue weighted by Crippen LogP contribution is -2.60. The molecule has 1 N–H and O–H groups in total. The first-order chi connectivity index (χ1) is 24.5. The first-order valence-corrected chi connectivity index (χ1v) is 18.0. The lowest BCUT2D eigenvalue weighted by Gasteiger charge is -2.50. The summed E-state index contributed by atoms with van der Waals surface area (Å²) in [7, 11) is 1.39. The predicted molar refractivity (Wildman–Crippen MR) is 188 cm³/mol. The molecular formula is C39H36Cl2FN3O6. The maximum atomic E-state index is 14.6. The zero-order valence-corrected chi connectivity index (χ0v) is 29.3. The number of phenols is 1. The van der Waals surface area contributed by atoms with E-state index in [-0.39, 0.29) is 53.4 Å². The van der Waals surface area contributed by atoms with E-state index in [9.17, 15) is 28.7 Å². The Morgan fingerprint density at radius 3 is 2.27 bits per heavy atom. The highest BCUT2D eigenvalue weighted by Gasteiger charge is 2.77. The Bertz CT molecular complexity index is 1970. The van der Waals surface area contributed by atoms with Crippen LogP contribution in [-0.4, -0.2) is 74.5 Å². The Kier molecular flexibility index (Phi) is 8.27. The highest BCUT2D eigenvalue weighted by atomic mass is 35.5. The number of aromatic hydroxyl groups is 1. The second kappa shape index (κ2) is 12.5. The van der Waals surface area contributed by atoms with Gasteiger partial charge in [-0.15, -0.1) is 23.2 Å². The molecule has 51 heavy (non-hydrogen) atoms. The van der Waals surface area contributed by atoms with Gasteiger partial charge in [-0.1, -0.05) is 54.1 Å². The first kappa shape index (κ1) is 33.9. The summed E-state index contributed by atoms with van der Waals surface area (Å²) in [5.74, 6) is -6.36. The summed E-state index contributed by atoms with van der Waals surface area (Å²) in [5.41, 5.74) is 2.05. The van der Waals surface area contributed by atoms with E-state index in [1.165, 1.54) is 29.7 Å². The number of hydrogen-bond donors (Lipinski definition) is 1. The van der Waals surface area contributed by atoms with Crippen LogP contribution in [0.2, 0.25) is 0 Å². The molecule has 3 aromatic carbocycles. The van der Waals surface area contributed by atoms with Gasteiger partial charge in [-0.3, -0.25) is 29.0 Å². The molecule has 0 spiro atoms. The Labute approximate surface area is 304 Å². The number of benzene rings is 3. The van der Waals surface area contributed by atoms with Crippen molar-refractivity contribution in [1.29, 1.82) is 0 Å². The Hall–Kier alpha value is -4.25. The normalized spacial score (nSPS) is 31.0. The topological polar surface area (TPSA) is 107 Å². The molecule has 0 radical (unpaired) electrons. The number of amides is 4. The Morgan fingerprint density at radius 2 is 1.59 bits per heavy atom. The van der Waals surface area contributed by atoms with Gasteiger partial charge in [-0.2, -0.15) is 0 Å². The number of methoxy groups -OCH3 is 1. The smallest absolute Gasteiger partial charge is 0.258 e. The van der Waals surface area contributed by atoms with Crippen LogP contribution in [0.15, 0.2) is 84.4 Å². The van der Waals surface area contributed by atoms with Crippen molar-refractivity contribution in [1.82, 2.24) is 9.80 Å². The lowest BCUT2D eigenvalue weighted by atomic mass is 9.56. The largest absolute Gasteiger partial charge is 0.504 e. The molecule has 1 saturated carbocycles. The number of phenolic OH excluding ortho intramolecular Hbond substituents is 1. The van der Waals surface area contributed by atoms with Gasteiger partial charge in [0.25, 0.3) is 11.8 Å². The number of rotatable bonds is 6. The number of piperidine rings is 1. The van der Waals surface area contributed by atoms with Crippen molar-refractivity contribution in [2.24, 2.45) is 17.8 Å². The number of ether oxygens (including phenoxy) is 1. The third-order valence-electron chi connectivity index (χ3n) is 11.7. The number of imide groups is 2. The minimum Gasteiger partial charge on any atom is -0.504 e. The molecule has 264 valence electrons. The van der Waals surface area contributed by atoms with Crippen molar-refractivity contribution in [3.05, 3.63) is 101 Å². The van der Waals surface area contributed by atoms with E-state index in [0.29, 0.717) is 18.4 Å². The van der Waals surface area contributed by atoms with Crippen LogP contribution in [0.3, 0.4) is 0 Å². The minimum absolute atomic E-state index is 0.0844. The molecule has 9 nitrogen and oxygen atoms in total. The molecule has 3 saturated heterocycles. The molecular weight excluding hydrogens is 696 g/mol. The molecule has 12 heteroatoms. The van der Waals surface area contributed by atoms with Crippen molar-refractivity contribution in [3.8, 4) is 11.5 Å². The third-order valence-corrected chi connectivity index (χ3v) is 13.1. The van der Waals surface area contributed by atoms with Crippen molar-refractivity contribution in [2.45, 2.75) is 53.9 Å². The fraction of sp³-hybridized carbons (Fsp3) is 0.385. The fourth-order valence-electron chi connectivity index (χ4n) is 9.24. The van der Waals surface area contributed by atoms with Crippen molar-refractivity contribution >= 4 is 52.5 Å². The van der Waals surface area contributed by atoms with Gasteiger partial charge in [0.2, 0.25) is 11.8 Å². The number of carbonyl (C=O) groups is 4. The number of allylic oxidation sites excluding steroid dienone is 2. The van der Waals surface area contributed by atoms with Crippen LogP contribution in [-0.2, 0) is 25.7 Å². The number of fused-ring (bicyclic) bond motifs is 4. The molecule has 0 bridgehead atoms. The highest BCUT2D eigenvalue weighted by Crippen LogP contribution is 2.67. The number of hydrogen-bond acceptors (Lipinski definition) is 7. The van der Waals surface area contributed by atoms with Crippen LogP contribution in [0, 0.1) is 23.6 Å². The SMILES string of the molecule is COc1cccc([C@H]2C3=CC[C@@H]4C(=O)N(C5CCN(Cc6ccccc6)CC5)C(=O)[C@@H]4[C@@H]3C[C@@]3(Cl)C(=O)N(c4ccc(F)cc4)C(=O)[C@@]23Cl)c1O. The number of likely N-dealkylation sites (tertiary alicyclic amines) is 2. The molecule has 3 aliphatic heterocycles. The minimum atomic E-state index is -2.16. The molecule has 2 aliphatic carbocycles. The van der Waals surface area contributed by atoms with Crippen LogP contribution in [0.25, 0.3) is 0 Å². The van der Waals surface area contributed by atoms with Gasteiger partial charge in [0.15, 0.2) is 21.2 Å². The van der Waals surface area contributed by atoms with E-state index in [1.54, 1.807) is 18.2 Å². The lowest BCUT2D eigenvalue weighted by molar-refractivity contribution is -0.144. The maximum absolute atomic E-state index is 14.6. The number of para-hydroxylation sites is 1. The first-order valence-electron chi connectivity index (χ1n) is 17.2. The quantitative estimate of drug-likeness (QED) is 0.195. The Morgan fingerprint density at radius 1 is 0.882 bits per heavy atom. The predicted octanol–water partition coefficient (Wildman–Crippen LogP) is 5.77. The molecule has 3 aromatic rings. The average Bonchev–Trinajstić information content (AvgIpc) is 3.47. The molecule has 8 rings (SSSR count). The van der Waals surface area contributed by atoms with Gasteiger partial charge >= 0.3 is 0 Å².